The van der Waals surface area contributed by atoms with E-state index in [1.165, 1.54) is 6.92 Å². The fourth-order valence-electron chi connectivity index (χ4n) is 3.93. The number of aromatic hydroxyl groups is 1. The summed E-state index contributed by atoms with van der Waals surface area (Å²) in [6.45, 7) is 6.09. The summed E-state index contributed by atoms with van der Waals surface area (Å²) in [5, 5.41) is 22.3. The normalized spacial score (nSPS) is 10.6. The molecule has 3 aromatic rings. The number of aromatic carboxylic acids is 1. The molecule has 1 N–H and O–H groups in total. The molecular weight excluding hydrogens is 491 g/mol. The molecule has 0 aliphatic carbocycles. The van der Waals surface area contributed by atoms with Crippen molar-refractivity contribution in [2.24, 2.45) is 0 Å². The monoisotopic (exact) mass is 520 g/mol. The van der Waals surface area contributed by atoms with Crippen molar-refractivity contribution < 1.29 is 58.8 Å². The standard InChI is InChI=1S/C27H30O7S.Na/c1-4-7-19-22(11-9-17(16(3)28)25(19)30)33-13-6-14-34-23-12-10-18-21(29)15-24(27(31)32)35-26(18)20(23)8-5-2;/h9-12,15,30H,4-8,13-14H2,1-3H3,(H,31,32);/q;+1/p-1. The number of Topliss-reactive ketones (excluding diaryl/α,β-unsaturated/α-hetero) is 1. The van der Waals surface area contributed by atoms with Crippen molar-refractivity contribution in [2.45, 2.75) is 52.9 Å². The molecule has 0 spiro atoms. The van der Waals surface area contributed by atoms with Gasteiger partial charge in [-0.3, -0.25) is 9.59 Å². The zero-order chi connectivity index (χ0) is 25.5. The van der Waals surface area contributed by atoms with E-state index >= 15 is 0 Å². The Morgan fingerprint density at radius 1 is 0.972 bits per heavy atom. The number of phenolic OH excluding ortho intramolecular Hbond substituents is 1. The molecule has 0 aliphatic rings. The van der Waals surface area contributed by atoms with Gasteiger partial charge in [0.1, 0.15) is 17.2 Å². The molecule has 0 amide bonds. The van der Waals surface area contributed by atoms with Crippen molar-refractivity contribution in [3.05, 3.63) is 62.1 Å². The van der Waals surface area contributed by atoms with Crippen LogP contribution in [0.15, 0.2) is 35.1 Å². The number of benzene rings is 2. The zero-order valence-electron chi connectivity index (χ0n) is 21.1. The summed E-state index contributed by atoms with van der Waals surface area (Å²) >= 11 is 1.03. The Hall–Kier alpha value is -2.39. The number of phenols is 1. The van der Waals surface area contributed by atoms with Crippen LogP contribution in [0, 0.1) is 0 Å². The smallest absolute Gasteiger partial charge is 0.544 e. The van der Waals surface area contributed by atoms with Gasteiger partial charge in [-0.15, -0.1) is 11.3 Å². The van der Waals surface area contributed by atoms with Crippen molar-refractivity contribution in [1.82, 2.24) is 0 Å². The molecule has 0 bridgehead atoms. The van der Waals surface area contributed by atoms with Crippen molar-refractivity contribution in [3.63, 3.8) is 0 Å². The number of aryl methyl sites for hydroxylation is 1. The van der Waals surface area contributed by atoms with Crippen LogP contribution in [0.5, 0.6) is 17.2 Å². The third kappa shape index (κ3) is 6.88. The van der Waals surface area contributed by atoms with Crippen LogP contribution in [0.2, 0.25) is 0 Å². The van der Waals surface area contributed by atoms with Crippen molar-refractivity contribution in [2.75, 3.05) is 13.2 Å². The van der Waals surface area contributed by atoms with E-state index in [1.807, 2.05) is 13.8 Å². The molecule has 0 saturated heterocycles. The summed E-state index contributed by atoms with van der Waals surface area (Å²) in [5.74, 6) is -0.435. The Kier molecular flexibility index (Phi) is 11.4. The van der Waals surface area contributed by atoms with Crippen molar-refractivity contribution >= 4 is 33.2 Å². The van der Waals surface area contributed by atoms with Gasteiger partial charge >= 0.3 is 29.6 Å². The second-order valence-electron chi connectivity index (χ2n) is 8.23. The van der Waals surface area contributed by atoms with E-state index in [2.05, 4.69) is 0 Å². The van der Waals surface area contributed by atoms with Gasteiger partial charge in [0.2, 0.25) is 0 Å². The van der Waals surface area contributed by atoms with Crippen LogP contribution in [0.1, 0.15) is 71.2 Å². The SMILES string of the molecule is CCCc1c(OCCCOc2ccc3c(=O)cc(C(=O)[O-])sc3c2CCC)ccc(C(C)=O)c1O.[Na+]. The van der Waals surface area contributed by atoms with Gasteiger partial charge in [-0.2, -0.15) is 0 Å². The molecule has 9 heteroatoms. The molecule has 0 radical (unpaired) electrons. The van der Waals surface area contributed by atoms with Gasteiger partial charge in [-0.1, -0.05) is 26.7 Å². The first-order valence-electron chi connectivity index (χ1n) is 11.7. The van der Waals surface area contributed by atoms with Gasteiger partial charge in [-0.05, 0) is 44.0 Å². The number of carboxylic acid groups (broad SMARTS) is 1. The van der Waals surface area contributed by atoms with E-state index in [-0.39, 0.29) is 57.0 Å². The van der Waals surface area contributed by atoms with Crippen LogP contribution in [-0.4, -0.2) is 30.1 Å². The maximum atomic E-state index is 12.4. The minimum Gasteiger partial charge on any atom is -0.544 e. The number of carbonyl (C=O) groups excluding carboxylic acids is 2. The molecule has 3 rings (SSSR count). The average Bonchev–Trinajstić information content (AvgIpc) is 2.81. The molecule has 1 aromatic heterocycles. The summed E-state index contributed by atoms with van der Waals surface area (Å²) in [5.41, 5.74) is 1.37. The first-order valence-corrected chi connectivity index (χ1v) is 12.5. The molecule has 0 unspecified atom stereocenters. The average molecular weight is 521 g/mol. The van der Waals surface area contributed by atoms with Crippen LogP contribution in [0.3, 0.4) is 0 Å². The van der Waals surface area contributed by atoms with Crippen LogP contribution < -0.4 is 49.6 Å². The second kappa shape index (κ2) is 13.8. The number of hydrogen-bond donors (Lipinski definition) is 1. The number of ether oxygens (including phenoxy) is 2. The van der Waals surface area contributed by atoms with E-state index in [0.29, 0.717) is 59.6 Å². The Labute approximate surface area is 236 Å². The Morgan fingerprint density at radius 3 is 2.14 bits per heavy atom. The third-order valence-electron chi connectivity index (χ3n) is 5.58. The van der Waals surface area contributed by atoms with Gasteiger partial charge < -0.3 is 24.5 Å². The third-order valence-corrected chi connectivity index (χ3v) is 6.76. The second-order valence-corrected chi connectivity index (χ2v) is 9.28. The number of carboxylic acids is 1. The molecule has 36 heavy (non-hydrogen) atoms. The zero-order valence-corrected chi connectivity index (χ0v) is 24.0. The minimum absolute atomic E-state index is 0. The molecule has 0 fully saturated rings. The molecular formula is C27H29NaO7S. The minimum atomic E-state index is -1.37. The van der Waals surface area contributed by atoms with E-state index in [0.717, 1.165) is 35.8 Å². The van der Waals surface area contributed by atoms with E-state index in [1.54, 1.807) is 24.3 Å². The predicted octanol–water partition coefficient (Wildman–Crippen LogP) is 1.29. The molecule has 0 aliphatic heterocycles. The summed E-state index contributed by atoms with van der Waals surface area (Å²) in [6.07, 6.45) is 3.38. The first kappa shape index (κ1) is 29.8. The van der Waals surface area contributed by atoms with Crippen molar-refractivity contribution in [3.8, 4) is 17.2 Å². The number of carbonyl (C=O) groups is 2. The summed E-state index contributed by atoms with van der Waals surface area (Å²) < 4.78 is 12.5. The Balaban J connectivity index is 0.00000456. The number of fused-ring (bicyclic) bond motifs is 1. The number of ketones is 1. The van der Waals surface area contributed by atoms with Gasteiger partial charge in [0.25, 0.3) is 0 Å². The predicted molar refractivity (Wildman–Crippen MR) is 134 cm³/mol. The Morgan fingerprint density at radius 2 is 1.56 bits per heavy atom. The number of rotatable bonds is 12. The molecule has 7 nitrogen and oxygen atoms in total. The Bertz CT molecular complexity index is 1300. The fraction of sp³-hybridized carbons (Fsp3) is 0.370. The van der Waals surface area contributed by atoms with Gasteiger partial charge in [0, 0.05) is 33.7 Å². The molecule has 0 saturated carbocycles. The largest absolute Gasteiger partial charge is 1.00 e. The van der Waals surface area contributed by atoms with Gasteiger partial charge in [-0.25, -0.2) is 0 Å². The van der Waals surface area contributed by atoms with E-state index < -0.39 is 5.97 Å². The molecule has 186 valence electrons. The molecule has 2 aromatic carbocycles. The van der Waals surface area contributed by atoms with Crippen LogP contribution >= 0.6 is 11.3 Å². The maximum Gasteiger partial charge on any atom is 1.00 e. The summed E-state index contributed by atoms with van der Waals surface area (Å²) in [7, 11) is 0. The maximum absolute atomic E-state index is 12.4. The van der Waals surface area contributed by atoms with Crippen LogP contribution in [0.25, 0.3) is 10.1 Å². The van der Waals surface area contributed by atoms with Crippen LogP contribution in [-0.2, 0) is 12.8 Å². The molecule has 0 atom stereocenters. The first-order chi connectivity index (χ1) is 16.8. The quantitative estimate of drug-likeness (QED) is 0.218. The van der Waals surface area contributed by atoms with E-state index in [9.17, 15) is 24.6 Å². The van der Waals surface area contributed by atoms with E-state index in [4.69, 9.17) is 9.47 Å². The van der Waals surface area contributed by atoms with Crippen LogP contribution in [0.4, 0.5) is 0 Å². The summed E-state index contributed by atoms with van der Waals surface area (Å²) in [6, 6.07) is 7.79. The van der Waals surface area contributed by atoms with Gasteiger partial charge in [0.05, 0.1) is 29.6 Å². The number of hydrogen-bond acceptors (Lipinski definition) is 8. The van der Waals surface area contributed by atoms with Crippen molar-refractivity contribution in [1.29, 1.82) is 0 Å². The molecule has 1 heterocycles. The summed E-state index contributed by atoms with van der Waals surface area (Å²) in [4.78, 5) is 35.3. The topological polar surface area (TPSA) is 113 Å². The van der Waals surface area contributed by atoms with Gasteiger partial charge in [0.15, 0.2) is 11.2 Å². The fourth-order valence-corrected chi connectivity index (χ4v) is 5.00.